The highest BCUT2D eigenvalue weighted by molar-refractivity contribution is 5.95. The highest BCUT2D eigenvalue weighted by Crippen LogP contribution is 2.18. The van der Waals surface area contributed by atoms with E-state index in [2.05, 4.69) is 10.6 Å². The second kappa shape index (κ2) is 7.49. The summed E-state index contributed by atoms with van der Waals surface area (Å²) in [6.07, 6.45) is 5.25. The Labute approximate surface area is 137 Å². The van der Waals surface area contributed by atoms with Crippen LogP contribution in [-0.2, 0) is 4.74 Å². The van der Waals surface area contributed by atoms with E-state index < -0.39 is 11.7 Å². The van der Waals surface area contributed by atoms with Crippen molar-refractivity contribution in [1.82, 2.24) is 5.32 Å². The number of carbonyl (C=O) groups is 2. The van der Waals surface area contributed by atoms with Gasteiger partial charge >= 0.3 is 6.09 Å². The summed E-state index contributed by atoms with van der Waals surface area (Å²) < 4.78 is 5.19. The molecule has 1 aliphatic rings. The third-order valence-electron chi connectivity index (χ3n) is 3.73. The average molecular weight is 318 g/mol. The molecule has 2 rings (SSSR count). The lowest BCUT2D eigenvalue weighted by Crippen LogP contribution is -2.36. The lowest BCUT2D eigenvalue weighted by atomic mass is 9.95. The van der Waals surface area contributed by atoms with Gasteiger partial charge in [-0.3, -0.25) is 10.1 Å². The molecule has 0 spiro atoms. The molecule has 23 heavy (non-hydrogen) atoms. The van der Waals surface area contributed by atoms with Gasteiger partial charge in [-0.15, -0.1) is 0 Å². The van der Waals surface area contributed by atoms with Gasteiger partial charge in [-0.25, -0.2) is 4.79 Å². The first-order valence-corrected chi connectivity index (χ1v) is 8.24. The van der Waals surface area contributed by atoms with Crippen LogP contribution in [0.5, 0.6) is 0 Å². The van der Waals surface area contributed by atoms with Crippen molar-refractivity contribution < 1.29 is 14.3 Å². The number of hydrogen-bond donors (Lipinski definition) is 2. The molecule has 1 aromatic rings. The number of anilines is 1. The van der Waals surface area contributed by atoms with E-state index in [0.29, 0.717) is 11.3 Å². The van der Waals surface area contributed by atoms with Gasteiger partial charge in [-0.1, -0.05) is 19.3 Å². The Bertz CT molecular complexity index is 540. The van der Waals surface area contributed by atoms with Crippen molar-refractivity contribution in [3.05, 3.63) is 29.8 Å². The molecule has 0 aromatic heterocycles. The van der Waals surface area contributed by atoms with Gasteiger partial charge in [-0.05, 0) is 57.9 Å². The number of benzene rings is 1. The maximum atomic E-state index is 12.2. The Kier molecular flexibility index (Phi) is 5.64. The number of amides is 2. The molecule has 1 aliphatic carbocycles. The zero-order valence-electron chi connectivity index (χ0n) is 14.1. The van der Waals surface area contributed by atoms with Gasteiger partial charge in [0, 0.05) is 17.3 Å². The van der Waals surface area contributed by atoms with Crippen LogP contribution in [0.1, 0.15) is 63.2 Å². The summed E-state index contributed by atoms with van der Waals surface area (Å²) in [5.41, 5.74) is 0.669. The molecule has 5 heteroatoms. The second-order valence-electron chi connectivity index (χ2n) is 7.01. The Hall–Kier alpha value is -2.04. The molecule has 1 aromatic carbocycles. The van der Waals surface area contributed by atoms with Crippen LogP contribution in [0.4, 0.5) is 10.5 Å². The van der Waals surface area contributed by atoms with Crippen LogP contribution in [0.15, 0.2) is 24.3 Å². The van der Waals surface area contributed by atoms with Gasteiger partial charge in [0.25, 0.3) is 5.91 Å². The summed E-state index contributed by atoms with van der Waals surface area (Å²) in [6, 6.07) is 7.13. The van der Waals surface area contributed by atoms with Crippen molar-refractivity contribution >= 4 is 17.7 Å². The number of carbonyl (C=O) groups excluding carboxylic acids is 2. The highest BCUT2D eigenvalue weighted by atomic mass is 16.6. The second-order valence-corrected chi connectivity index (χ2v) is 7.01. The summed E-state index contributed by atoms with van der Waals surface area (Å²) in [7, 11) is 0. The molecule has 0 atom stereocenters. The average Bonchev–Trinajstić information content (AvgIpc) is 2.47. The molecular formula is C18H26N2O3. The van der Waals surface area contributed by atoms with Crippen LogP contribution >= 0.6 is 0 Å². The predicted octanol–water partition coefficient (Wildman–Crippen LogP) is 4.10. The molecule has 0 unspecified atom stereocenters. The Balaban J connectivity index is 1.88. The fourth-order valence-electron chi connectivity index (χ4n) is 2.64. The van der Waals surface area contributed by atoms with Crippen molar-refractivity contribution in [3.63, 3.8) is 0 Å². The van der Waals surface area contributed by atoms with E-state index in [0.717, 1.165) is 12.8 Å². The Morgan fingerprint density at radius 3 is 2.22 bits per heavy atom. The summed E-state index contributed by atoms with van der Waals surface area (Å²) >= 11 is 0. The van der Waals surface area contributed by atoms with E-state index in [9.17, 15) is 9.59 Å². The number of nitrogens with one attached hydrogen (secondary N) is 2. The molecule has 0 saturated heterocycles. The quantitative estimate of drug-likeness (QED) is 0.882. The lowest BCUT2D eigenvalue weighted by Gasteiger charge is -2.22. The molecule has 1 fully saturated rings. The third kappa shape index (κ3) is 5.93. The van der Waals surface area contributed by atoms with Gasteiger partial charge in [0.2, 0.25) is 0 Å². The Morgan fingerprint density at radius 1 is 1.04 bits per heavy atom. The van der Waals surface area contributed by atoms with Gasteiger partial charge in [-0.2, -0.15) is 0 Å². The molecule has 1 saturated carbocycles. The standard InChI is InChI=1S/C18H26N2O3/c1-18(2,3)23-17(22)20-15-11-9-13(10-12-15)16(21)19-14-7-5-4-6-8-14/h9-12,14H,4-8H2,1-3H3,(H,19,21)(H,20,22). The topological polar surface area (TPSA) is 67.4 Å². The number of rotatable bonds is 3. The zero-order chi connectivity index (χ0) is 16.9. The van der Waals surface area contributed by atoms with Gasteiger partial charge in [0.15, 0.2) is 0 Å². The van der Waals surface area contributed by atoms with Crippen LogP contribution < -0.4 is 10.6 Å². The van der Waals surface area contributed by atoms with Crippen molar-refractivity contribution in [1.29, 1.82) is 0 Å². The normalized spacial score (nSPS) is 15.8. The molecular weight excluding hydrogens is 292 g/mol. The maximum Gasteiger partial charge on any atom is 0.412 e. The third-order valence-corrected chi connectivity index (χ3v) is 3.73. The van der Waals surface area contributed by atoms with Crippen LogP contribution in [0, 0.1) is 0 Å². The molecule has 0 heterocycles. The fraction of sp³-hybridized carbons (Fsp3) is 0.556. The smallest absolute Gasteiger partial charge is 0.412 e. The van der Waals surface area contributed by atoms with E-state index in [-0.39, 0.29) is 11.9 Å². The zero-order valence-corrected chi connectivity index (χ0v) is 14.1. The molecule has 0 radical (unpaired) electrons. The lowest BCUT2D eigenvalue weighted by molar-refractivity contribution is 0.0635. The summed E-state index contributed by atoms with van der Waals surface area (Å²) in [4.78, 5) is 23.9. The minimum atomic E-state index is -0.538. The summed E-state index contributed by atoms with van der Waals surface area (Å²) in [5.74, 6) is -0.0549. The molecule has 0 bridgehead atoms. The van der Waals surface area contributed by atoms with Crippen molar-refractivity contribution in [2.24, 2.45) is 0 Å². The van der Waals surface area contributed by atoms with E-state index in [1.807, 2.05) is 20.8 Å². The van der Waals surface area contributed by atoms with Crippen LogP contribution in [0.25, 0.3) is 0 Å². The molecule has 0 aliphatic heterocycles. The summed E-state index contributed by atoms with van der Waals surface area (Å²) in [5, 5.41) is 5.73. The van der Waals surface area contributed by atoms with Crippen molar-refractivity contribution in [2.45, 2.75) is 64.5 Å². The monoisotopic (exact) mass is 318 g/mol. The minimum absolute atomic E-state index is 0.0549. The number of ether oxygens (including phenoxy) is 1. The summed E-state index contributed by atoms with van der Waals surface area (Å²) in [6.45, 7) is 5.43. The number of hydrogen-bond acceptors (Lipinski definition) is 3. The van der Waals surface area contributed by atoms with E-state index in [1.165, 1.54) is 19.3 Å². The van der Waals surface area contributed by atoms with Gasteiger partial charge in [0.05, 0.1) is 0 Å². The van der Waals surface area contributed by atoms with Gasteiger partial charge < -0.3 is 10.1 Å². The fourth-order valence-corrected chi connectivity index (χ4v) is 2.64. The molecule has 2 N–H and O–H groups in total. The van der Waals surface area contributed by atoms with Crippen LogP contribution in [0.3, 0.4) is 0 Å². The van der Waals surface area contributed by atoms with E-state index in [1.54, 1.807) is 24.3 Å². The Morgan fingerprint density at radius 2 is 1.65 bits per heavy atom. The van der Waals surface area contributed by atoms with Crippen LogP contribution in [-0.4, -0.2) is 23.6 Å². The first-order chi connectivity index (χ1) is 10.8. The SMILES string of the molecule is CC(C)(C)OC(=O)Nc1ccc(C(=O)NC2CCCCC2)cc1. The molecule has 2 amide bonds. The predicted molar refractivity (Wildman–Crippen MR) is 90.6 cm³/mol. The minimum Gasteiger partial charge on any atom is -0.444 e. The van der Waals surface area contributed by atoms with E-state index in [4.69, 9.17) is 4.74 Å². The first kappa shape index (κ1) is 17.3. The van der Waals surface area contributed by atoms with Crippen molar-refractivity contribution in [2.75, 3.05) is 5.32 Å². The van der Waals surface area contributed by atoms with E-state index >= 15 is 0 Å². The molecule has 5 nitrogen and oxygen atoms in total. The first-order valence-electron chi connectivity index (χ1n) is 8.24. The maximum absolute atomic E-state index is 12.2. The molecule has 126 valence electrons. The largest absolute Gasteiger partial charge is 0.444 e. The van der Waals surface area contributed by atoms with Gasteiger partial charge in [0.1, 0.15) is 5.60 Å². The van der Waals surface area contributed by atoms with Crippen LogP contribution in [0.2, 0.25) is 0 Å². The van der Waals surface area contributed by atoms with Crippen molar-refractivity contribution in [3.8, 4) is 0 Å². The highest BCUT2D eigenvalue weighted by Gasteiger charge is 2.18.